The number of hydrazone groups is 1. The number of benzene rings is 2. The summed E-state index contributed by atoms with van der Waals surface area (Å²) < 4.78 is 2.79. The van der Waals surface area contributed by atoms with Gasteiger partial charge in [0.05, 0.1) is 23.6 Å². The van der Waals surface area contributed by atoms with Gasteiger partial charge in [-0.15, -0.1) is 0 Å². The first-order valence-electron chi connectivity index (χ1n) is 6.70. The fraction of sp³-hybridized carbons (Fsp3) is 0.0625. The van der Waals surface area contributed by atoms with E-state index in [4.69, 9.17) is 0 Å². The molecule has 5 nitrogen and oxygen atoms in total. The van der Waals surface area contributed by atoms with Crippen LogP contribution in [0.3, 0.4) is 0 Å². The van der Waals surface area contributed by atoms with E-state index in [1.54, 1.807) is 17.1 Å². The van der Waals surface area contributed by atoms with Crippen LogP contribution < -0.4 is 5.43 Å². The first kappa shape index (κ1) is 14.5. The fourth-order valence-electron chi connectivity index (χ4n) is 2.05. The first-order chi connectivity index (χ1) is 10.7. The van der Waals surface area contributed by atoms with Crippen molar-refractivity contribution in [1.82, 2.24) is 15.0 Å². The number of nitrogens with one attached hydrogen (secondary N) is 1. The monoisotopic (exact) mass is 356 g/mol. The number of carbonyl (C=O) groups excluding carboxylic acids is 1. The van der Waals surface area contributed by atoms with Crippen LogP contribution >= 0.6 is 15.9 Å². The quantitative estimate of drug-likeness (QED) is 0.577. The van der Waals surface area contributed by atoms with Gasteiger partial charge in [-0.25, -0.2) is 10.4 Å². The SMILES string of the molecule is O=C(Cn1cnc2ccccc21)N/N=C\c1ccc(Br)cc1. The maximum Gasteiger partial charge on any atom is 0.260 e. The summed E-state index contributed by atoms with van der Waals surface area (Å²) >= 11 is 3.37. The average molecular weight is 357 g/mol. The van der Waals surface area contributed by atoms with Crippen molar-refractivity contribution in [2.75, 3.05) is 0 Å². The van der Waals surface area contributed by atoms with Crippen LogP contribution in [-0.4, -0.2) is 21.7 Å². The average Bonchev–Trinajstić information content (AvgIpc) is 2.93. The molecular formula is C16H13BrN4O. The molecule has 0 radical (unpaired) electrons. The highest BCUT2D eigenvalue weighted by atomic mass is 79.9. The molecule has 0 unspecified atom stereocenters. The number of aromatic nitrogens is 2. The van der Waals surface area contributed by atoms with Gasteiger partial charge in [0.1, 0.15) is 6.54 Å². The van der Waals surface area contributed by atoms with Gasteiger partial charge in [-0.2, -0.15) is 5.10 Å². The van der Waals surface area contributed by atoms with Crippen molar-refractivity contribution in [2.45, 2.75) is 6.54 Å². The van der Waals surface area contributed by atoms with E-state index in [1.807, 2.05) is 48.5 Å². The van der Waals surface area contributed by atoms with E-state index in [0.717, 1.165) is 21.1 Å². The molecule has 22 heavy (non-hydrogen) atoms. The second-order valence-corrected chi connectivity index (χ2v) is 5.62. The highest BCUT2D eigenvalue weighted by Crippen LogP contribution is 2.11. The van der Waals surface area contributed by atoms with Crippen LogP contribution in [-0.2, 0) is 11.3 Å². The molecule has 0 bridgehead atoms. The van der Waals surface area contributed by atoms with Gasteiger partial charge in [-0.05, 0) is 29.8 Å². The fourth-order valence-corrected chi connectivity index (χ4v) is 2.32. The topological polar surface area (TPSA) is 59.3 Å². The third kappa shape index (κ3) is 3.40. The van der Waals surface area contributed by atoms with Crippen LogP contribution in [0.15, 0.2) is 64.4 Å². The Labute approximate surface area is 135 Å². The largest absolute Gasteiger partial charge is 0.321 e. The molecule has 0 aliphatic carbocycles. The Morgan fingerprint density at radius 3 is 2.82 bits per heavy atom. The number of hydrogen-bond acceptors (Lipinski definition) is 3. The Kier molecular flexibility index (Phi) is 4.29. The normalized spacial score (nSPS) is 11.1. The van der Waals surface area contributed by atoms with Crippen LogP contribution in [0.4, 0.5) is 0 Å². The molecule has 6 heteroatoms. The predicted molar refractivity (Wildman–Crippen MR) is 89.6 cm³/mol. The van der Waals surface area contributed by atoms with Crippen LogP contribution in [0.1, 0.15) is 5.56 Å². The molecule has 110 valence electrons. The Balaban J connectivity index is 1.62. The minimum atomic E-state index is -0.198. The van der Waals surface area contributed by atoms with Gasteiger partial charge in [0.25, 0.3) is 5.91 Å². The molecule has 1 aromatic heterocycles. The lowest BCUT2D eigenvalue weighted by molar-refractivity contribution is -0.121. The minimum absolute atomic E-state index is 0.179. The second kappa shape index (κ2) is 6.53. The molecule has 0 saturated heterocycles. The summed E-state index contributed by atoms with van der Waals surface area (Å²) in [4.78, 5) is 16.2. The van der Waals surface area contributed by atoms with Crippen molar-refractivity contribution in [3.8, 4) is 0 Å². The lowest BCUT2D eigenvalue weighted by Crippen LogP contribution is -2.22. The predicted octanol–water partition coefficient (Wildman–Crippen LogP) is 2.95. The van der Waals surface area contributed by atoms with E-state index in [1.165, 1.54) is 0 Å². The Morgan fingerprint density at radius 1 is 1.23 bits per heavy atom. The van der Waals surface area contributed by atoms with Gasteiger partial charge < -0.3 is 4.57 Å². The van der Waals surface area contributed by atoms with E-state index in [2.05, 4.69) is 31.4 Å². The molecule has 0 spiro atoms. The summed E-state index contributed by atoms with van der Waals surface area (Å²) in [7, 11) is 0. The molecular weight excluding hydrogens is 344 g/mol. The maximum atomic E-state index is 11.9. The van der Waals surface area contributed by atoms with Crippen molar-refractivity contribution >= 4 is 39.1 Å². The zero-order valence-corrected chi connectivity index (χ0v) is 13.2. The lowest BCUT2D eigenvalue weighted by atomic mass is 10.2. The molecule has 0 aliphatic rings. The Morgan fingerprint density at radius 2 is 2.00 bits per heavy atom. The number of fused-ring (bicyclic) bond motifs is 1. The highest BCUT2D eigenvalue weighted by molar-refractivity contribution is 9.10. The number of amides is 1. The molecule has 1 heterocycles. The van der Waals surface area contributed by atoms with E-state index in [-0.39, 0.29) is 12.5 Å². The molecule has 0 saturated carbocycles. The van der Waals surface area contributed by atoms with E-state index in [0.29, 0.717) is 0 Å². The van der Waals surface area contributed by atoms with Crippen molar-refractivity contribution in [3.05, 3.63) is 64.9 Å². The van der Waals surface area contributed by atoms with Crippen LogP contribution in [0.2, 0.25) is 0 Å². The summed E-state index contributed by atoms with van der Waals surface area (Å²) in [6.45, 7) is 0.179. The summed E-state index contributed by atoms with van der Waals surface area (Å²) in [6.07, 6.45) is 3.26. The van der Waals surface area contributed by atoms with Crippen molar-refractivity contribution in [2.24, 2.45) is 5.10 Å². The van der Waals surface area contributed by atoms with E-state index >= 15 is 0 Å². The van der Waals surface area contributed by atoms with E-state index < -0.39 is 0 Å². The Bertz CT molecular complexity index is 824. The van der Waals surface area contributed by atoms with Gasteiger partial charge in [-0.3, -0.25) is 4.79 Å². The number of carbonyl (C=O) groups is 1. The highest BCUT2D eigenvalue weighted by Gasteiger charge is 2.05. The molecule has 3 aromatic rings. The standard InChI is InChI=1S/C16H13BrN4O/c17-13-7-5-12(6-8-13)9-19-20-16(22)10-21-11-18-14-3-1-2-4-15(14)21/h1-9,11H,10H2,(H,20,22)/b19-9-. The van der Waals surface area contributed by atoms with Crippen molar-refractivity contribution in [1.29, 1.82) is 0 Å². The molecule has 0 atom stereocenters. The smallest absolute Gasteiger partial charge is 0.260 e. The van der Waals surface area contributed by atoms with Crippen LogP contribution in [0, 0.1) is 0 Å². The van der Waals surface area contributed by atoms with Gasteiger partial charge in [-0.1, -0.05) is 40.2 Å². The summed E-state index contributed by atoms with van der Waals surface area (Å²) in [5.74, 6) is -0.198. The first-order valence-corrected chi connectivity index (χ1v) is 7.49. The zero-order valence-electron chi connectivity index (χ0n) is 11.6. The zero-order chi connectivity index (χ0) is 15.4. The number of hydrogen-bond donors (Lipinski definition) is 1. The van der Waals surface area contributed by atoms with Crippen molar-refractivity contribution < 1.29 is 4.79 Å². The number of imidazole rings is 1. The molecule has 1 amide bonds. The van der Waals surface area contributed by atoms with Gasteiger partial charge in [0, 0.05) is 4.47 Å². The molecule has 3 rings (SSSR count). The van der Waals surface area contributed by atoms with Gasteiger partial charge >= 0.3 is 0 Å². The van der Waals surface area contributed by atoms with E-state index in [9.17, 15) is 4.79 Å². The third-order valence-corrected chi connectivity index (χ3v) is 3.64. The summed E-state index contributed by atoms with van der Waals surface area (Å²) in [5, 5.41) is 3.96. The Hall–Kier alpha value is -2.47. The van der Waals surface area contributed by atoms with Crippen LogP contribution in [0.5, 0.6) is 0 Å². The van der Waals surface area contributed by atoms with Gasteiger partial charge in [0.2, 0.25) is 0 Å². The number of halogens is 1. The minimum Gasteiger partial charge on any atom is -0.321 e. The molecule has 2 aromatic carbocycles. The molecule has 0 fully saturated rings. The number of rotatable bonds is 4. The summed E-state index contributed by atoms with van der Waals surface area (Å²) in [5.41, 5.74) is 5.23. The maximum absolute atomic E-state index is 11.9. The number of para-hydroxylation sites is 2. The van der Waals surface area contributed by atoms with Gasteiger partial charge in [0.15, 0.2) is 0 Å². The third-order valence-electron chi connectivity index (χ3n) is 3.11. The van der Waals surface area contributed by atoms with Crippen LogP contribution in [0.25, 0.3) is 11.0 Å². The molecule has 1 N–H and O–H groups in total. The second-order valence-electron chi connectivity index (χ2n) is 4.71. The van der Waals surface area contributed by atoms with Crippen molar-refractivity contribution in [3.63, 3.8) is 0 Å². The summed E-state index contributed by atoms with van der Waals surface area (Å²) in [6, 6.07) is 15.3. The lowest BCUT2D eigenvalue weighted by Gasteiger charge is -2.02. The number of nitrogens with zero attached hydrogens (tertiary/aromatic N) is 3. The molecule has 0 aliphatic heterocycles.